The summed E-state index contributed by atoms with van der Waals surface area (Å²) in [5.41, 5.74) is -1.03. The van der Waals surface area contributed by atoms with Crippen LogP contribution in [-0.4, -0.2) is 57.2 Å². The standard InChI is InChI=1S/C20H24N4O5/c1-22-15(10-16(26)23(2)19(22)29)17(27)24-12-20(13-24,18(28)21-8-9-25)11-14-6-4-3-5-7-14/h3-7,10,25H,8-9,11-13H2,1-2H3,(H,21,28). The first kappa shape index (κ1) is 20.5. The number of carbonyl (C=O) groups excluding carboxylic acids is 2. The average Bonchev–Trinajstić information content (AvgIpc) is 2.69. The molecule has 1 saturated heterocycles. The minimum Gasteiger partial charge on any atom is -0.395 e. The fourth-order valence-corrected chi connectivity index (χ4v) is 3.61. The van der Waals surface area contributed by atoms with Crippen LogP contribution in [0.3, 0.4) is 0 Å². The molecule has 2 N–H and O–H groups in total. The number of aromatic nitrogens is 2. The van der Waals surface area contributed by atoms with Crippen LogP contribution in [0.15, 0.2) is 46.0 Å². The molecule has 154 valence electrons. The van der Waals surface area contributed by atoms with Crippen LogP contribution in [0.5, 0.6) is 0 Å². The molecule has 2 aromatic rings. The summed E-state index contributed by atoms with van der Waals surface area (Å²) in [5.74, 6) is -0.710. The Kier molecular flexibility index (Phi) is 5.69. The number of aliphatic hydroxyl groups excluding tert-OH is 1. The van der Waals surface area contributed by atoms with Gasteiger partial charge in [-0.25, -0.2) is 4.79 Å². The van der Waals surface area contributed by atoms with Crippen molar-refractivity contribution in [2.24, 2.45) is 19.5 Å². The van der Waals surface area contributed by atoms with Gasteiger partial charge in [0, 0.05) is 39.8 Å². The van der Waals surface area contributed by atoms with Crippen molar-refractivity contribution < 1.29 is 14.7 Å². The summed E-state index contributed by atoms with van der Waals surface area (Å²) in [7, 11) is 2.78. The van der Waals surface area contributed by atoms with E-state index in [2.05, 4.69) is 5.32 Å². The first-order valence-corrected chi connectivity index (χ1v) is 9.28. The van der Waals surface area contributed by atoms with Crippen LogP contribution in [0.2, 0.25) is 0 Å². The van der Waals surface area contributed by atoms with Crippen molar-refractivity contribution in [1.29, 1.82) is 0 Å². The Morgan fingerprint density at radius 1 is 1.10 bits per heavy atom. The highest BCUT2D eigenvalue weighted by molar-refractivity contribution is 5.95. The number of carbonyl (C=O) groups is 2. The van der Waals surface area contributed by atoms with Crippen LogP contribution in [0.4, 0.5) is 0 Å². The second kappa shape index (κ2) is 8.04. The zero-order valence-electron chi connectivity index (χ0n) is 16.4. The molecule has 0 atom stereocenters. The summed E-state index contributed by atoms with van der Waals surface area (Å²) < 4.78 is 2.06. The predicted molar refractivity (Wildman–Crippen MR) is 106 cm³/mol. The molecule has 3 rings (SSSR count). The lowest BCUT2D eigenvalue weighted by molar-refractivity contribution is -0.139. The maximum atomic E-state index is 12.9. The Hall–Kier alpha value is -3.20. The van der Waals surface area contributed by atoms with Crippen molar-refractivity contribution in [3.63, 3.8) is 0 Å². The van der Waals surface area contributed by atoms with Gasteiger partial charge in [0.2, 0.25) is 5.91 Å². The molecule has 2 amide bonds. The van der Waals surface area contributed by atoms with Gasteiger partial charge in [-0.1, -0.05) is 30.3 Å². The summed E-state index contributed by atoms with van der Waals surface area (Å²) in [5, 5.41) is 11.7. The molecule has 2 heterocycles. The number of likely N-dealkylation sites (tertiary alicyclic amines) is 1. The molecule has 1 aliphatic rings. The highest BCUT2D eigenvalue weighted by Gasteiger charge is 2.51. The molecule has 0 aliphatic carbocycles. The van der Waals surface area contributed by atoms with Crippen LogP contribution in [-0.2, 0) is 25.3 Å². The molecule has 1 aliphatic heterocycles. The van der Waals surface area contributed by atoms with E-state index in [9.17, 15) is 19.2 Å². The van der Waals surface area contributed by atoms with Crippen LogP contribution < -0.4 is 16.6 Å². The number of benzene rings is 1. The fraction of sp³-hybridized carbons (Fsp3) is 0.400. The lowest BCUT2D eigenvalue weighted by Gasteiger charge is -2.49. The first-order valence-electron chi connectivity index (χ1n) is 9.28. The lowest BCUT2D eigenvalue weighted by atomic mass is 9.73. The van der Waals surface area contributed by atoms with Crippen molar-refractivity contribution in [3.8, 4) is 0 Å². The van der Waals surface area contributed by atoms with Gasteiger partial charge in [-0.2, -0.15) is 0 Å². The zero-order valence-corrected chi connectivity index (χ0v) is 16.4. The molecule has 0 spiro atoms. The molecular formula is C20H24N4O5. The molecular weight excluding hydrogens is 376 g/mol. The van der Waals surface area contributed by atoms with Gasteiger partial charge in [0.25, 0.3) is 11.5 Å². The van der Waals surface area contributed by atoms with E-state index in [0.717, 1.165) is 20.8 Å². The van der Waals surface area contributed by atoms with E-state index in [1.54, 1.807) is 0 Å². The number of hydrogen-bond donors (Lipinski definition) is 2. The minimum absolute atomic E-state index is 0.0119. The van der Waals surface area contributed by atoms with Gasteiger partial charge >= 0.3 is 5.69 Å². The van der Waals surface area contributed by atoms with Crippen molar-refractivity contribution in [3.05, 3.63) is 68.5 Å². The molecule has 0 saturated carbocycles. The Morgan fingerprint density at radius 2 is 1.76 bits per heavy atom. The number of hydrogen-bond acceptors (Lipinski definition) is 5. The fourth-order valence-electron chi connectivity index (χ4n) is 3.61. The normalized spacial score (nSPS) is 14.9. The monoisotopic (exact) mass is 400 g/mol. The summed E-state index contributed by atoms with van der Waals surface area (Å²) in [6.45, 7) is 0.264. The highest BCUT2D eigenvalue weighted by atomic mass is 16.3. The first-order chi connectivity index (χ1) is 13.8. The second-order valence-electron chi connectivity index (χ2n) is 7.35. The van der Waals surface area contributed by atoms with Gasteiger partial charge in [0.05, 0.1) is 12.0 Å². The van der Waals surface area contributed by atoms with E-state index < -0.39 is 22.6 Å². The molecule has 1 fully saturated rings. The number of aliphatic hydroxyl groups is 1. The van der Waals surface area contributed by atoms with Gasteiger partial charge in [-0.3, -0.25) is 23.5 Å². The second-order valence-corrected chi connectivity index (χ2v) is 7.35. The predicted octanol–water partition coefficient (Wildman–Crippen LogP) is -1.12. The van der Waals surface area contributed by atoms with E-state index in [1.807, 2.05) is 30.3 Å². The number of nitrogens with zero attached hydrogens (tertiary/aromatic N) is 3. The van der Waals surface area contributed by atoms with Gasteiger partial charge in [0.15, 0.2) is 0 Å². The Bertz CT molecular complexity index is 1040. The van der Waals surface area contributed by atoms with E-state index in [4.69, 9.17) is 5.11 Å². The van der Waals surface area contributed by atoms with Crippen molar-refractivity contribution in [1.82, 2.24) is 19.4 Å². The Labute approximate surface area is 167 Å². The van der Waals surface area contributed by atoms with Crippen LogP contribution in [0.1, 0.15) is 16.1 Å². The van der Waals surface area contributed by atoms with Gasteiger partial charge in [0.1, 0.15) is 5.69 Å². The number of rotatable bonds is 6. The van der Waals surface area contributed by atoms with Gasteiger partial charge in [-0.15, -0.1) is 0 Å². The third kappa shape index (κ3) is 3.86. The number of nitrogens with one attached hydrogen (secondary N) is 1. The summed E-state index contributed by atoms with van der Waals surface area (Å²) in [6.07, 6.45) is 0.435. The smallest absolute Gasteiger partial charge is 0.331 e. The van der Waals surface area contributed by atoms with Crippen molar-refractivity contribution in [2.75, 3.05) is 26.2 Å². The molecule has 29 heavy (non-hydrogen) atoms. The molecule has 1 aromatic carbocycles. The molecule has 9 heteroatoms. The Morgan fingerprint density at radius 3 is 2.38 bits per heavy atom. The van der Waals surface area contributed by atoms with Crippen LogP contribution >= 0.6 is 0 Å². The minimum atomic E-state index is -0.829. The third-order valence-electron chi connectivity index (χ3n) is 5.28. The molecule has 0 bridgehead atoms. The van der Waals surface area contributed by atoms with E-state index in [0.29, 0.717) is 6.42 Å². The summed E-state index contributed by atoms with van der Waals surface area (Å²) in [6, 6.07) is 10.6. The topological polar surface area (TPSA) is 114 Å². The average molecular weight is 400 g/mol. The number of amides is 2. The van der Waals surface area contributed by atoms with Crippen LogP contribution in [0.25, 0.3) is 0 Å². The van der Waals surface area contributed by atoms with Crippen LogP contribution in [0, 0.1) is 5.41 Å². The van der Waals surface area contributed by atoms with Crippen molar-refractivity contribution in [2.45, 2.75) is 6.42 Å². The summed E-state index contributed by atoms with van der Waals surface area (Å²) >= 11 is 0. The van der Waals surface area contributed by atoms with E-state index in [1.165, 1.54) is 19.0 Å². The summed E-state index contributed by atoms with van der Waals surface area (Å²) in [4.78, 5) is 51.1. The Balaban J connectivity index is 1.84. The van der Waals surface area contributed by atoms with Crippen molar-refractivity contribution >= 4 is 11.8 Å². The highest BCUT2D eigenvalue weighted by Crippen LogP contribution is 2.35. The molecule has 0 radical (unpaired) electrons. The molecule has 0 unspecified atom stereocenters. The maximum Gasteiger partial charge on any atom is 0.331 e. The third-order valence-corrected chi connectivity index (χ3v) is 5.28. The van der Waals surface area contributed by atoms with Gasteiger partial charge in [-0.05, 0) is 12.0 Å². The molecule has 1 aromatic heterocycles. The largest absolute Gasteiger partial charge is 0.395 e. The van der Waals surface area contributed by atoms with E-state index in [-0.39, 0.29) is 37.8 Å². The SMILES string of the molecule is Cn1c(C(=O)N2CC(Cc3ccccc3)(C(=O)NCCO)C2)cc(=O)n(C)c1=O. The lowest BCUT2D eigenvalue weighted by Crippen LogP contribution is -2.66. The molecule has 9 nitrogen and oxygen atoms in total. The quantitative estimate of drug-likeness (QED) is 0.638. The zero-order chi connectivity index (χ0) is 21.2. The van der Waals surface area contributed by atoms with E-state index >= 15 is 0 Å². The maximum absolute atomic E-state index is 12.9. The van der Waals surface area contributed by atoms with Gasteiger partial charge < -0.3 is 15.3 Å².